The Labute approximate surface area is 113 Å². The van der Waals surface area contributed by atoms with Gasteiger partial charge in [0.1, 0.15) is 0 Å². The number of rotatable bonds is 1. The minimum atomic E-state index is 0.278. The molecule has 0 radical (unpaired) electrons. The summed E-state index contributed by atoms with van der Waals surface area (Å²) in [5.41, 5.74) is 9.27. The maximum atomic E-state index is 5.97. The van der Waals surface area contributed by atoms with Crippen LogP contribution in [-0.2, 0) is 6.42 Å². The Hall–Kier alpha value is -0.340. The van der Waals surface area contributed by atoms with Crippen LogP contribution in [0.4, 0.5) is 0 Å². The molecule has 0 spiro atoms. The minimum absolute atomic E-state index is 0.278. The second-order valence-electron chi connectivity index (χ2n) is 6.22. The summed E-state index contributed by atoms with van der Waals surface area (Å²) in [6, 6.07) is 6.72. The zero-order chi connectivity index (χ0) is 12.6. The van der Waals surface area contributed by atoms with Gasteiger partial charge in [-0.1, -0.05) is 42.8 Å². The molecule has 2 heteroatoms. The highest BCUT2D eigenvalue weighted by atomic mass is 79.9. The van der Waals surface area contributed by atoms with Crippen molar-refractivity contribution in [1.29, 1.82) is 0 Å². The highest BCUT2D eigenvalue weighted by Gasteiger charge is 2.36. The van der Waals surface area contributed by atoms with Crippen LogP contribution < -0.4 is 5.73 Å². The lowest BCUT2D eigenvalue weighted by atomic mass is 9.64. The smallest absolute Gasteiger partial charge is 0.0178 e. The molecule has 1 nitrogen and oxygen atoms in total. The number of hydrogen-bond donors (Lipinski definition) is 1. The number of hydrogen-bond acceptors (Lipinski definition) is 1. The first-order chi connectivity index (χ1) is 7.93. The van der Waals surface area contributed by atoms with Crippen LogP contribution in [0.3, 0.4) is 0 Å². The molecule has 0 saturated heterocycles. The highest BCUT2D eigenvalue weighted by Crippen LogP contribution is 2.47. The summed E-state index contributed by atoms with van der Waals surface area (Å²) >= 11 is 3.60. The van der Waals surface area contributed by atoms with Gasteiger partial charge in [0, 0.05) is 4.47 Å². The lowest BCUT2D eigenvalue weighted by Crippen LogP contribution is -2.34. The van der Waals surface area contributed by atoms with Crippen molar-refractivity contribution in [3.05, 3.63) is 33.8 Å². The largest absolute Gasteiger partial charge is 0.330 e. The minimum Gasteiger partial charge on any atom is -0.330 e. The van der Waals surface area contributed by atoms with Crippen LogP contribution in [0.25, 0.3) is 0 Å². The van der Waals surface area contributed by atoms with E-state index in [-0.39, 0.29) is 5.41 Å². The van der Waals surface area contributed by atoms with Crippen LogP contribution in [0.2, 0.25) is 0 Å². The summed E-state index contributed by atoms with van der Waals surface area (Å²) in [5.74, 6) is 1.20. The number of aryl methyl sites for hydroxylation is 1. The van der Waals surface area contributed by atoms with Gasteiger partial charge in [0.05, 0.1) is 0 Å². The second-order valence-corrected chi connectivity index (χ2v) is 7.14. The van der Waals surface area contributed by atoms with Crippen LogP contribution in [0.1, 0.15) is 44.2 Å². The zero-order valence-electron chi connectivity index (χ0n) is 11.0. The van der Waals surface area contributed by atoms with E-state index < -0.39 is 0 Å². The van der Waals surface area contributed by atoms with E-state index in [2.05, 4.69) is 54.9 Å². The van der Waals surface area contributed by atoms with Gasteiger partial charge < -0.3 is 5.73 Å². The Kier molecular flexibility index (Phi) is 3.65. The number of halogens is 1. The predicted octanol–water partition coefficient (Wildman–Crippen LogP) is 4.10. The molecule has 1 aromatic carbocycles. The van der Waals surface area contributed by atoms with Gasteiger partial charge in [-0.3, -0.25) is 0 Å². The summed E-state index contributed by atoms with van der Waals surface area (Å²) < 4.78 is 1.18. The number of nitrogens with two attached hydrogens (primary N) is 1. The van der Waals surface area contributed by atoms with E-state index in [1.807, 2.05) is 0 Å². The molecule has 1 aliphatic carbocycles. The van der Waals surface area contributed by atoms with Crippen molar-refractivity contribution in [3.63, 3.8) is 0 Å². The van der Waals surface area contributed by atoms with E-state index >= 15 is 0 Å². The van der Waals surface area contributed by atoms with E-state index in [4.69, 9.17) is 5.73 Å². The van der Waals surface area contributed by atoms with Gasteiger partial charge in [-0.25, -0.2) is 0 Å². The molecule has 2 N–H and O–H groups in total. The molecule has 0 bridgehead atoms. The van der Waals surface area contributed by atoms with Crippen molar-refractivity contribution < 1.29 is 0 Å². The highest BCUT2D eigenvalue weighted by molar-refractivity contribution is 9.10. The van der Waals surface area contributed by atoms with Crippen LogP contribution in [0.15, 0.2) is 22.7 Å². The van der Waals surface area contributed by atoms with Crippen molar-refractivity contribution in [1.82, 2.24) is 0 Å². The fourth-order valence-electron chi connectivity index (χ4n) is 3.27. The molecule has 2 rings (SSSR count). The second kappa shape index (κ2) is 4.74. The standard InChI is InChI=1S/C15H22BrN/c1-15(2,3)14-11(9-17)5-4-10-6-7-12(16)8-13(10)14/h6-8,11,14H,4-5,9,17H2,1-3H3. The summed E-state index contributed by atoms with van der Waals surface area (Å²) in [6.45, 7) is 7.79. The first-order valence-corrected chi connectivity index (χ1v) is 7.21. The molecule has 0 saturated carbocycles. The molecule has 17 heavy (non-hydrogen) atoms. The normalized spacial score (nSPS) is 24.5. The molecular formula is C15H22BrN. The van der Waals surface area contributed by atoms with Crippen molar-refractivity contribution in [2.24, 2.45) is 17.1 Å². The molecule has 0 aliphatic heterocycles. The number of fused-ring (bicyclic) bond motifs is 1. The van der Waals surface area contributed by atoms with E-state index in [9.17, 15) is 0 Å². The maximum Gasteiger partial charge on any atom is 0.0178 e. The van der Waals surface area contributed by atoms with Gasteiger partial charge in [-0.15, -0.1) is 0 Å². The summed E-state index contributed by atoms with van der Waals surface area (Å²) in [6.07, 6.45) is 2.41. The van der Waals surface area contributed by atoms with Crippen molar-refractivity contribution in [2.45, 2.75) is 39.5 Å². The summed E-state index contributed by atoms with van der Waals surface area (Å²) in [5, 5.41) is 0. The predicted molar refractivity (Wildman–Crippen MR) is 77.2 cm³/mol. The van der Waals surface area contributed by atoms with Crippen LogP contribution in [0, 0.1) is 11.3 Å². The average molecular weight is 296 g/mol. The molecule has 0 fully saturated rings. The third-order valence-corrected chi connectivity index (χ3v) is 4.43. The molecule has 2 unspecified atom stereocenters. The van der Waals surface area contributed by atoms with E-state index in [0.29, 0.717) is 11.8 Å². The third-order valence-electron chi connectivity index (χ3n) is 3.93. The van der Waals surface area contributed by atoms with E-state index in [1.165, 1.54) is 28.4 Å². The Morgan fingerprint density at radius 1 is 1.35 bits per heavy atom. The molecule has 2 atom stereocenters. The van der Waals surface area contributed by atoms with E-state index in [0.717, 1.165) is 6.54 Å². The molecule has 0 amide bonds. The van der Waals surface area contributed by atoms with Crippen molar-refractivity contribution in [2.75, 3.05) is 6.54 Å². The topological polar surface area (TPSA) is 26.0 Å². The summed E-state index contributed by atoms with van der Waals surface area (Å²) in [7, 11) is 0. The lowest BCUT2D eigenvalue weighted by Gasteiger charge is -2.41. The quantitative estimate of drug-likeness (QED) is 0.829. The van der Waals surface area contributed by atoms with Crippen molar-refractivity contribution in [3.8, 4) is 0 Å². The SMILES string of the molecule is CC(C)(C)C1c2cc(Br)ccc2CCC1CN. The van der Waals surface area contributed by atoms with Gasteiger partial charge in [-0.2, -0.15) is 0 Å². The van der Waals surface area contributed by atoms with Gasteiger partial charge in [0.2, 0.25) is 0 Å². The first kappa shape index (κ1) is 13.1. The molecule has 1 aromatic rings. The Morgan fingerprint density at radius 2 is 2.06 bits per heavy atom. The third kappa shape index (κ3) is 2.58. The fourth-order valence-corrected chi connectivity index (χ4v) is 3.65. The number of benzene rings is 1. The fraction of sp³-hybridized carbons (Fsp3) is 0.600. The van der Waals surface area contributed by atoms with Gasteiger partial charge in [0.25, 0.3) is 0 Å². The molecular weight excluding hydrogens is 274 g/mol. The molecule has 0 heterocycles. The Morgan fingerprint density at radius 3 is 2.65 bits per heavy atom. The monoisotopic (exact) mass is 295 g/mol. The van der Waals surface area contributed by atoms with Crippen LogP contribution in [-0.4, -0.2) is 6.54 Å². The summed E-state index contributed by atoms with van der Waals surface area (Å²) in [4.78, 5) is 0. The Bertz CT molecular complexity index is 406. The molecule has 94 valence electrons. The Balaban J connectivity index is 2.49. The van der Waals surface area contributed by atoms with Crippen molar-refractivity contribution >= 4 is 15.9 Å². The lowest BCUT2D eigenvalue weighted by molar-refractivity contribution is 0.216. The first-order valence-electron chi connectivity index (χ1n) is 6.42. The van der Waals surface area contributed by atoms with Crippen LogP contribution >= 0.6 is 15.9 Å². The average Bonchev–Trinajstić information content (AvgIpc) is 2.25. The molecule has 0 aromatic heterocycles. The zero-order valence-corrected chi connectivity index (χ0v) is 12.5. The molecule has 1 aliphatic rings. The van der Waals surface area contributed by atoms with Gasteiger partial charge >= 0.3 is 0 Å². The van der Waals surface area contributed by atoms with E-state index in [1.54, 1.807) is 0 Å². The van der Waals surface area contributed by atoms with Gasteiger partial charge in [-0.05, 0) is 59.9 Å². The van der Waals surface area contributed by atoms with Crippen LogP contribution in [0.5, 0.6) is 0 Å². The van der Waals surface area contributed by atoms with Gasteiger partial charge in [0.15, 0.2) is 0 Å². The maximum absolute atomic E-state index is 5.97.